The minimum atomic E-state index is -0.867. The zero-order valence-corrected chi connectivity index (χ0v) is 12.9. The molecule has 0 unspecified atom stereocenters. The summed E-state index contributed by atoms with van der Waals surface area (Å²) in [6, 6.07) is 10.3. The average molecular weight is 311 g/mol. The number of fused-ring (bicyclic) bond motifs is 1. The Morgan fingerprint density at radius 3 is 2.83 bits per heavy atom. The largest absolute Gasteiger partial charge is 0.467 e. The number of aromatic nitrogens is 1. The summed E-state index contributed by atoms with van der Waals surface area (Å²) in [4.78, 5) is 28.4. The lowest BCUT2D eigenvalue weighted by molar-refractivity contribution is -0.143. The third-order valence-electron chi connectivity index (χ3n) is 3.45. The van der Waals surface area contributed by atoms with Gasteiger partial charge in [0.15, 0.2) is 0 Å². The van der Waals surface area contributed by atoms with Crippen molar-refractivity contribution in [3.63, 3.8) is 0 Å². The number of pyridine rings is 1. The number of carbonyl (C=O) groups excluding carboxylic acids is 2. The van der Waals surface area contributed by atoms with E-state index in [-0.39, 0.29) is 12.3 Å². The van der Waals surface area contributed by atoms with E-state index in [0.717, 1.165) is 10.9 Å². The van der Waals surface area contributed by atoms with Gasteiger partial charge in [0, 0.05) is 17.5 Å². The highest BCUT2D eigenvalue weighted by Crippen LogP contribution is 2.13. The molecule has 0 fully saturated rings. The molecule has 0 aliphatic carbocycles. The lowest BCUT2D eigenvalue weighted by atomic mass is 10.0. The molecular formula is C17H17N3O3. The summed E-state index contributed by atoms with van der Waals surface area (Å²) in [6.07, 6.45) is 1.65. The van der Waals surface area contributed by atoms with Crippen LogP contribution in [-0.4, -0.2) is 30.0 Å². The highest BCUT2D eigenvalue weighted by molar-refractivity contribution is 5.99. The van der Waals surface area contributed by atoms with E-state index in [9.17, 15) is 9.59 Å². The van der Waals surface area contributed by atoms with Gasteiger partial charge in [0.05, 0.1) is 24.3 Å². The lowest BCUT2D eigenvalue weighted by Crippen LogP contribution is -2.42. The van der Waals surface area contributed by atoms with Gasteiger partial charge < -0.3 is 10.1 Å². The summed E-state index contributed by atoms with van der Waals surface area (Å²) in [5.41, 5.74) is 1.13. The molecule has 0 radical (unpaired) electrons. The van der Waals surface area contributed by atoms with Gasteiger partial charge >= 0.3 is 5.97 Å². The molecule has 0 aliphatic heterocycles. The maximum absolute atomic E-state index is 12.3. The third-order valence-corrected chi connectivity index (χ3v) is 3.45. The molecule has 0 saturated carbocycles. The van der Waals surface area contributed by atoms with E-state index in [1.165, 1.54) is 13.3 Å². The number of benzene rings is 1. The molecule has 1 N–H and O–H groups in total. The monoisotopic (exact) mass is 311 g/mol. The SMILES string of the molecule is COC(=O)[C@H](C[C@@H](C)C#N)NC(=O)c1cnc2ccccc2c1. The first-order chi connectivity index (χ1) is 11.0. The fourth-order valence-electron chi connectivity index (χ4n) is 2.20. The van der Waals surface area contributed by atoms with Crippen LogP contribution in [0.3, 0.4) is 0 Å². The van der Waals surface area contributed by atoms with Crippen molar-refractivity contribution in [2.45, 2.75) is 19.4 Å². The van der Waals surface area contributed by atoms with Crippen molar-refractivity contribution in [1.29, 1.82) is 5.26 Å². The summed E-state index contributed by atoms with van der Waals surface area (Å²) in [7, 11) is 1.25. The Labute approximate surface area is 134 Å². The molecular weight excluding hydrogens is 294 g/mol. The molecule has 2 aromatic rings. The van der Waals surface area contributed by atoms with Gasteiger partial charge in [0.25, 0.3) is 5.91 Å². The first-order valence-electron chi connectivity index (χ1n) is 7.18. The van der Waals surface area contributed by atoms with Gasteiger partial charge in [-0.3, -0.25) is 9.78 Å². The van der Waals surface area contributed by atoms with E-state index in [4.69, 9.17) is 5.26 Å². The summed E-state index contributed by atoms with van der Waals surface area (Å²) >= 11 is 0. The molecule has 0 bridgehead atoms. The van der Waals surface area contributed by atoms with Gasteiger partial charge in [-0.1, -0.05) is 18.2 Å². The Balaban J connectivity index is 2.19. The Hall–Kier alpha value is -2.94. The van der Waals surface area contributed by atoms with Crippen molar-refractivity contribution in [2.24, 2.45) is 5.92 Å². The van der Waals surface area contributed by atoms with Crippen molar-refractivity contribution >= 4 is 22.8 Å². The molecule has 6 nitrogen and oxygen atoms in total. The van der Waals surface area contributed by atoms with E-state index in [1.807, 2.05) is 30.3 Å². The molecule has 1 amide bonds. The standard InChI is InChI=1S/C17H17N3O3/c1-11(9-18)7-15(17(22)23-2)20-16(21)13-8-12-5-3-4-6-14(12)19-10-13/h3-6,8,10-11,15H,7H2,1-2H3,(H,20,21)/t11-,15+/m1/s1. The third kappa shape index (κ3) is 4.04. The maximum Gasteiger partial charge on any atom is 0.328 e. The molecule has 6 heteroatoms. The van der Waals surface area contributed by atoms with E-state index < -0.39 is 17.9 Å². The average Bonchev–Trinajstić information content (AvgIpc) is 2.59. The smallest absolute Gasteiger partial charge is 0.328 e. The number of ether oxygens (including phenoxy) is 1. The van der Waals surface area contributed by atoms with Crippen LogP contribution in [-0.2, 0) is 9.53 Å². The molecule has 0 spiro atoms. The topological polar surface area (TPSA) is 92.1 Å². The number of nitrogens with one attached hydrogen (secondary N) is 1. The molecule has 0 saturated heterocycles. The molecule has 118 valence electrons. The molecule has 1 aromatic carbocycles. The van der Waals surface area contributed by atoms with E-state index in [1.54, 1.807) is 13.0 Å². The zero-order valence-electron chi connectivity index (χ0n) is 12.9. The fourth-order valence-corrected chi connectivity index (χ4v) is 2.20. The molecule has 2 rings (SSSR count). The number of nitrogens with zero attached hydrogens (tertiary/aromatic N) is 2. The van der Waals surface area contributed by atoms with Crippen LogP contribution in [0.25, 0.3) is 10.9 Å². The number of para-hydroxylation sites is 1. The zero-order chi connectivity index (χ0) is 16.8. The molecule has 1 heterocycles. The summed E-state index contributed by atoms with van der Waals surface area (Å²) in [5, 5.41) is 12.3. The number of methoxy groups -OCH3 is 1. The normalized spacial score (nSPS) is 12.9. The van der Waals surface area contributed by atoms with Gasteiger partial charge in [-0.05, 0) is 25.5 Å². The van der Waals surface area contributed by atoms with Gasteiger partial charge in [0.1, 0.15) is 6.04 Å². The Morgan fingerprint density at radius 1 is 1.39 bits per heavy atom. The number of amides is 1. The quantitative estimate of drug-likeness (QED) is 0.853. The van der Waals surface area contributed by atoms with Crippen LogP contribution in [0.5, 0.6) is 0 Å². The van der Waals surface area contributed by atoms with Crippen LogP contribution >= 0.6 is 0 Å². The van der Waals surface area contributed by atoms with Crippen LogP contribution in [0, 0.1) is 17.2 Å². The summed E-state index contributed by atoms with van der Waals surface area (Å²) < 4.78 is 4.69. The summed E-state index contributed by atoms with van der Waals surface area (Å²) in [5.74, 6) is -1.38. The van der Waals surface area contributed by atoms with E-state index in [0.29, 0.717) is 5.56 Å². The molecule has 2 atom stereocenters. The second-order valence-electron chi connectivity index (χ2n) is 5.23. The van der Waals surface area contributed by atoms with Crippen molar-refractivity contribution in [3.8, 4) is 6.07 Å². The van der Waals surface area contributed by atoms with Gasteiger partial charge in [-0.15, -0.1) is 0 Å². The molecule has 1 aromatic heterocycles. The number of hydrogen-bond acceptors (Lipinski definition) is 5. The Morgan fingerprint density at radius 2 is 2.13 bits per heavy atom. The summed E-state index contributed by atoms with van der Waals surface area (Å²) in [6.45, 7) is 1.68. The van der Waals surface area contributed by atoms with E-state index >= 15 is 0 Å². The Bertz CT molecular complexity index is 767. The van der Waals surface area contributed by atoms with E-state index in [2.05, 4.69) is 15.0 Å². The van der Waals surface area contributed by atoms with Crippen LogP contribution < -0.4 is 5.32 Å². The first kappa shape index (κ1) is 16.4. The molecule has 23 heavy (non-hydrogen) atoms. The van der Waals surface area contributed by atoms with Crippen molar-refractivity contribution in [1.82, 2.24) is 10.3 Å². The minimum absolute atomic E-state index is 0.190. The second kappa shape index (κ2) is 7.36. The predicted molar refractivity (Wildman–Crippen MR) is 84.4 cm³/mol. The number of hydrogen-bond donors (Lipinski definition) is 1. The number of esters is 1. The minimum Gasteiger partial charge on any atom is -0.467 e. The van der Waals surface area contributed by atoms with Crippen LogP contribution in [0.1, 0.15) is 23.7 Å². The first-order valence-corrected chi connectivity index (χ1v) is 7.18. The predicted octanol–water partition coefficient (Wildman–Crippen LogP) is 2.06. The van der Waals surface area contributed by atoms with Gasteiger partial charge in [-0.2, -0.15) is 5.26 Å². The van der Waals surface area contributed by atoms with Gasteiger partial charge in [0.2, 0.25) is 0 Å². The van der Waals surface area contributed by atoms with Crippen molar-refractivity contribution in [3.05, 3.63) is 42.1 Å². The number of rotatable bonds is 5. The van der Waals surface area contributed by atoms with Gasteiger partial charge in [-0.25, -0.2) is 4.79 Å². The second-order valence-corrected chi connectivity index (χ2v) is 5.23. The van der Waals surface area contributed by atoms with Crippen molar-refractivity contribution in [2.75, 3.05) is 7.11 Å². The fraction of sp³-hybridized carbons (Fsp3) is 0.294. The van der Waals surface area contributed by atoms with Crippen LogP contribution in [0.4, 0.5) is 0 Å². The highest BCUT2D eigenvalue weighted by atomic mass is 16.5. The van der Waals surface area contributed by atoms with Crippen LogP contribution in [0.2, 0.25) is 0 Å². The van der Waals surface area contributed by atoms with Crippen LogP contribution in [0.15, 0.2) is 36.5 Å². The molecule has 0 aliphatic rings. The lowest BCUT2D eigenvalue weighted by Gasteiger charge is -2.17. The highest BCUT2D eigenvalue weighted by Gasteiger charge is 2.24. The number of carbonyl (C=O) groups is 2. The number of nitriles is 1. The Kier molecular flexibility index (Phi) is 5.26. The maximum atomic E-state index is 12.3. The van der Waals surface area contributed by atoms with Crippen molar-refractivity contribution < 1.29 is 14.3 Å².